The zero-order valence-corrected chi connectivity index (χ0v) is 31.2. The molecule has 0 aromatic carbocycles. The molecule has 1 amide bonds. The summed E-state index contributed by atoms with van der Waals surface area (Å²) in [4.78, 5) is 26.0. The molecule has 262 valence electrons. The van der Waals surface area contributed by atoms with Gasteiger partial charge >= 0.3 is 14.8 Å². The summed E-state index contributed by atoms with van der Waals surface area (Å²) >= 11 is 6.36. The second-order valence-corrected chi connectivity index (χ2v) is 15.7. The zero-order valence-electron chi connectivity index (χ0n) is 28.6. The van der Waals surface area contributed by atoms with Gasteiger partial charge in [0.25, 0.3) is 0 Å². The lowest BCUT2D eigenvalue weighted by atomic mass is 10.1. The van der Waals surface area contributed by atoms with Crippen LogP contribution in [0.3, 0.4) is 0 Å². The number of aromatic nitrogens is 3. The van der Waals surface area contributed by atoms with Crippen LogP contribution < -0.4 is 27.5 Å². The predicted octanol–water partition coefficient (Wildman–Crippen LogP) is 4.30. The number of rotatable bonds is 27. The van der Waals surface area contributed by atoms with Gasteiger partial charge in [-0.1, -0.05) is 71.1 Å². The molecule has 1 saturated heterocycles. The van der Waals surface area contributed by atoms with Gasteiger partial charge in [-0.05, 0) is 43.7 Å². The first-order valence-corrected chi connectivity index (χ1v) is 19.7. The van der Waals surface area contributed by atoms with Gasteiger partial charge < -0.3 is 36.3 Å². The average Bonchev–Trinajstić information content (AvgIpc) is 3.52. The van der Waals surface area contributed by atoms with E-state index in [0.29, 0.717) is 25.0 Å². The molecule has 10 nitrogen and oxygen atoms in total. The Kier molecular flexibility index (Phi) is 23.3. The fourth-order valence-corrected chi connectivity index (χ4v) is 8.02. The van der Waals surface area contributed by atoms with Gasteiger partial charge in [-0.3, -0.25) is 9.28 Å². The van der Waals surface area contributed by atoms with Gasteiger partial charge in [-0.2, -0.15) is 4.98 Å². The van der Waals surface area contributed by atoms with Gasteiger partial charge in [0, 0.05) is 59.7 Å². The SMILES string of the molecule is CCCCCCCCCCCCCC(=O)NCCCCC[N+]1(c2nc(Cl)nc(NCCC[Si](OC)(OC)OC)n2)CCCC1.[Cl-]. The van der Waals surface area contributed by atoms with Crippen molar-refractivity contribution in [1.29, 1.82) is 0 Å². The molecule has 1 aliphatic heterocycles. The van der Waals surface area contributed by atoms with Crippen LogP contribution in [0.1, 0.15) is 122 Å². The maximum Gasteiger partial charge on any atom is 0.500 e. The van der Waals surface area contributed by atoms with Gasteiger partial charge in [0.15, 0.2) is 0 Å². The summed E-state index contributed by atoms with van der Waals surface area (Å²) in [7, 11) is 2.27. The Bertz CT molecular complexity index is 902. The number of nitrogens with zero attached hydrogens (tertiary/aromatic N) is 4. The van der Waals surface area contributed by atoms with E-state index in [1.807, 2.05) is 0 Å². The summed E-state index contributed by atoms with van der Waals surface area (Å²) in [5.41, 5.74) is 0. The third-order valence-corrected chi connectivity index (χ3v) is 11.9. The number of unbranched alkanes of at least 4 members (excludes halogenated alkanes) is 12. The Hall–Kier alpha value is -1.08. The number of anilines is 1. The molecule has 2 N–H and O–H groups in total. The summed E-state index contributed by atoms with van der Waals surface area (Å²) in [6.07, 6.45) is 21.2. The Balaban J connectivity index is 0.0000101. The van der Waals surface area contributed by atoms with Gasteiger partial charge in [-0.15, -0.1) is 9.97 Å². The monoisotopic (exact) mass is 692 g/mol. The number of amides is 1. The van der Waals surface area contributed by atoms with Crippen LogP contribution in [0.2, 0.25) is 11.3 Å². The number of nitrogens with one attached hydrogen (secondary N) is 2. The quantitative estimate of drug-likeness (QED) is 0.0799. The first-order chi connectivity index (χ1) is 21.4. The van der Waals surface area contributed by atoms with Crippen molar-refractivity contribution in [3.05, 3.63) is 5.28 Å². The topological polar surface area (TPSA) is 107 Å². The van der Waals surface area contributed by atoms with Crippen LogP contribution in [0.5, 0.6) is 0 Å². The van der Waals surface area contributed by atoms with Crippen molar-refractivity contribution in [2.24, 2.45) is 0 Å². The van der Waals surface area contributed by atoms with Crippen molar-refractivity contribution in [3.8, 4) is 0 Å². The van der Waals surface area contributed by atoms with Crippen molar-refractivity contribution >= 4 is 38.2 Å². The number of halogens is 2. The zero-order chi connectivity index (χ0) is 31.9. The largest absolute Gasteiger partial charge is 1.00 e. The normalized spacial score (nSPS) is 14.3. The van der Waals surface area contributed by atoms with E-state index >= 15 is 0 Å². The van der Waals surface area contributed by atoms with Crippen LogP contribution in [-0.2, 0) is 18.1 Å². The molecule has 0 aliphatic carbocycles. The Morgan fingerprint density at radius 1 is 0.778 bits per heavy atom. The van der Waals surface area contributed by atoms with Crippen LogP contribution in [0.15, 0.2) is 0 Å². The van der Waals surface area contributed by atoms with E-state index in [0.717, 1.165) is 81.6 Å². The third-order valence-electron chi connectivity index (χ3n) is 8.91. The van der Waals surface area contributed by atoms with Gasteiger partial charge in [0.1, 0.15) is 0 Å². The van der Waals surface area contributed by atoms with Gasteiger partial charge in [0.2, 0.25) is 17.1 Å². The van der Waals surface area contributed by atoms with Crippen LogP contribution >= 0.6 is 11.6 Å². The van der Waals surface area contributed by atoms with E-state index in [2.05, 4.69) is 27.5 Å². The Morgan fingerprint density at radius 2 is 1.36 bits per heavy atom. The molecular formula is C32H62Cl2N6O4Si. The molecule has 13 heteroatoms. The van der Waals surface area contributed by atoms with E-state index in [1.54, 1.807) is 21.3 Å². The van der Waals surface area contributed by atoms with Crippen LogP contribution in [0.25, 0.3) is 0 Å². The molecule has 0 unspecified atom stereocenters. The molecule has 1 aliphatic rings. The second kappa shape index (κ2) is 25.0. The van der Waals surface area contributed by atoms with Crippen molar-refractivity contribution in [2.75, 3.05) is 59.4 Å². The standard InChI is InChI=1S/C32H61ClN6O4Si.ClH/c1-5-6-7-8-9-10-11-12-13-14-16-22-29(40)34-23-17-15-18-25-39(26-19-20-27-39)32-37-30(33)36-31(38-32)35-24-21-28-44(41-2,42-3)43-4;/h5-28H2,1-4H3,(H-,34,35,36,37,38,40);1H. The number of carbonyl (C=O) groups excluding carboxylic acids is 1. The molecule has 2 rings (SSSR count). The lowest BCUT2D eigenvalue weighted by molar-refractivity contribution is -0.121. The van der Waals surface area contributed by atoms with Crippen LogP contribution in [0.4, 0.5) is 11.9 Å². The predicted molar refractivity (Wildman–Crippen MR) is 183 cm³/mol. The minimum absolute atomic E-state index is 0. The van der Waals surface area contributed by atoms with Crippen molar-refractivity contribution in [1.82, 2.24) is 24.8 Å². The van der Waals surface area contributed by atoms with Crippen LogP contribution in [-0.4, -0.2) is 83.7 Å². The number of carbonyl (C=O) groups is 1. The number of quaternary nitrogens is 1. The van der Waals surface area contributed by atoms with E-state index in [1.165, 1.54) is 64.2 Å². The summed E-state index contributed by atoms with van der Waals surface area (Å²) in [5.74, 6) is 1.45. The third kappa shape index (κ3) is 16.5. The lowest BCUT2D eigenvalue weighted by Crippen LogP contribution is -3.00. The first kappa shape index (κ1) is 41.9. The summed E-state index contributed by atoms with van der Waals surface area (Å²) in [6, 6.07) is 0.689. The van der Waals surface area contributed by atoms with Crippen molar-refractivity contribution in [2.45, 2.75) is 129 Å². The average molecular weight is 694 g/mol. The molecule has 0 bridgehead atoms. The molecule has 0 atom stereocenters. The smallest absolute Gasteiger partial charge is 0.500 e. The molecular weight excluding hydrogens is 631 g/mol. The fraction of sp³-hybridized carbons (Fsp3) is 0.875. The van der Waals surface area contributed by atoms with E-state index in [9.17, 15) is 4.79 Å². The van der Waals surface area contributed by atoms with Gasteiger partial charge in [0.05, 0.1) is 19.6 Å². The van der Waals surface area contributed by atoms with E-state index < -0.39 is 8.80 Å². The molecule has 0 saturated carbocycles. The summed E-state index contributed by atoms with van der Waals surface area (Å²) < 4.78 is 17.3. The second-order valence-electron chi connectivity index (χ2n) is 12.3. The molecule has 0 spiro atoms. The number of likely N-dealkylation sites (tertiary alicyclic amines) is 1. The maximum atomic E-state index is 12.3. The number of hydrogen-bond donors (Lipinski definition) is 2. The molecule has 45 heavy (non-hydrogen) atoms. The molecule has 1 fully saturated rings. The van der Waals surface area contributed by atoms with Crippen LogP contribution in [0, 0.1) is 0 Å². The van der Waals surface area contributed by atoms with Gasteiger partial charge in [-0.25, -0.2) is 0 Å². The Labute approximate surface area is 285 Å². The minimum Gasteiger partial charge on any atom is -1.00 e. The Morgan fingerprint density at radius 3 is 1.96 bits per heavy atom. The molecule has 1 aromatic rings. The van der Waals surface area contributed by atoms with E-state index in [4.69, 9.17) is 29.9 Å². The summed E-state index contributed by atoms with van der Waals surface area (Å²) in [6.45, 7) is 6.66. The fourth-order valence-electron chi connectivity index (χ4n) is 6.14. The van der Waals surface area contributed by atoms with Crippen molar-refractivity contribution in [3.63, 3.8) is 0 Å². The highest BCUT2D eigenvalue weighted by Crippen LogP contribution is 2.28. The summed E-state index contributed by atoms with van der Waals surface area (Å²) in [5, 5.41) is 6.64. The minimum atomic E-state index is -2.60. The molecule has 0 radical (unpaired) electrons. The lowest BCUT2D eigenvalue weighted by Gasteiger charge is -2.31. The van der Waals surface area contributed by atoms with E-state index in [-0.39, 0.29) is 23.6 Å². The maximum absolute atomic E-state index is 12.3. The molecule has 1 aromatic heterocycles. The highest BCUT2D eigenvalue weighted by Gasteiger charge is 2.38. The first-order valence-electron chi connectivity index (χ1n) is 17.4. The molecule has 2 heterocycles. The highest BCUT2D eigenvalue weighted by molar-refractivity contribution is 6.60. The number of hydrogen-bond acceptors (Lipinski definition) is 8. The highest BCUT2D eigenvalue weighted by atomic mass is 35.5. The van der Waals surface area contributed by atoms with Crippen molar-refractivity contribution < 1.29 is 30.5 Å².